The molecule has 4 rings (SSSR count). The zero-order chi connectivity index (χ0) is 17.4. The summed E-state index contributed by atoms with van der Waals surface area (Å²) in [5.74, 6) is 0.347. The molecule has 0 bridgehead atoms. The van der Waals surface area contributed by atoms with E-state index in [0.717, 1.165) is 22.4 Å². The fourth-order valence-corrected chi connectivity index (χ4v) is 3.82. The lowest BCUT2D eigenvalue weighted by atomic mass is 10.2. The van der Waals surface area contributed by atoms with Crippen molar-refractivity contribution in [2.75, 3.05) is 0 Å². The lowest BCUT2D eigenvalue weighted by Crippen LogP contribution is -2.05. The van der Waals surface area contributed by atoms with Crippen LogP contribution in [0.4, 0.5) is 4.39 Å². The number of thiophene rings is 1. The standard InChI is InChI=1S/C18H12ClFN2O2S/c19-18-4-3-17(25-18)16-9-13(21-24-16)5-6-22-14(10-23)8-11-7-12(20)1-2-15(11)22/h1-4,7-10H,5-6H2. The van der Waals surface area contributed by atoms with Gasteiger partial charge in [0, 0.05) is 29.9 Å². The van der Waals surface area contributed by atoms with Crippen molar-refractivity contribution in [3.8, 4) is 10.6 Å². The second-order valence-electron chi connectivity index (χ2n) is 5.58. The van der Waals surface area contributed by atoms with Gasteiger partial charge in [0.25, 0.3) is 0 Å². The SMILES string of the molecule is O=Cc1cc2cc(F)ccc2n1CCc1cc(-c2ccc(Cl)s2)on1. The Hall–Kier alpha value is -2.44. The number of aryl methyl sites for hydroxylation is 2. The molecule has 0 amide bonds. The van der Waals surface area contributed by atoms with Crippen LogP contribution >= 0.6 is 22.9 Å². The molecule has 1 aromatic carbocycles. The molecule has 0 N–H and O–H groups in total. The second-order valence-corrected chi connectivity index (χ2v) is 7.29. The van der Waals surface area contributed by atoms with Gasteiger partial charge in [0.2, 0.25) is 0 Å². The third kappa shape index (κ3) is 3.10. The van der Waals surface area contributed by atoms with Gasteiger partial charge in [-0.2, -0.15) is 0 Å². The number of halogens is 2. The van der Waals surface area contributed by atoms with E-state index in [2.05, 4.69) is 5.16 Å². The van der Waals surface area contributed by atoms with Gasteiger partial charge in [-0.05, 0) is 36.4 Å². The molecule has 4 aromatic rings. The van der Waals surface area contributed by atoms with E-state index in [1.54, 1.807) is 12.1 Å². The van der Waals surface area contributed by atoms with Gasteiger partial charge in [0.15, 0.2) is 12.0 Å². The van der Waals surface area contributed by atoms with Gasteiger partial charge in [-0.3, -0.25) is 4.79 Å². The Morgan fingerprint density at radius 1 is 1.24 bits per heavy atom. The lowest BCUT2D eigenvalue weighted by molar-refractivity contribution is 0.111. The molecule has 126 valence electrons. The normalized spacial score (nSPS) is 11.3. The summed E-state index contributed by atoms with van der Waals surface area (Å²) in [7, 11) is 0. The average molecular weight is 375 g/mol. The Kier molecular flexibility index (Phi) is 4.15. The number of aromatic nitrogens is 2. The molecule has 0 saturated heterocycles. The summed E-state index contributed by atoms with van der Waals surface area (Å²) >= 11 is 7.36. The highest BCUT2D eigenvalue weighted by atomic mass is 35.5. The second kappa shape index (κ2) is 6.46. The number of fused-ring (bicyclic) bond motifs is 1. The van der Waals surface area contributed by atoms with Gasteiger partial charge < -0.3 is 9.09 Å². The molecule has 0 aliphatic carbocycles. The van der Waals surface area contributed by atoms with Crippen LogP contribution in [0.5, 0.6) is 0 Å². The predicted octanol–water partition coefficient (Wildman–Crippen LogP) is 5.21. The Morgan fingerprint density at radius 3 is 2.88 bits per heavy atom. The van der Waals surface area contributed by atoms with Crippen LogP contribution in [0.2, 0.25) is 4.34 Å². The Bertz CT molecular complexity index is 1070. The van der Waals surface area contributed by atoms with Crippen LogP contribution in [-0.2, 0) is 13.0 Å². The minimum atomic E-state index is -0.321. The summed E-state index contributed by atoms with van der Waals surface area (Å²) < 4.78 is 21.3. The van der Waals surface area contributed by atoms with E-state index in [4.69, 9.17) is 16.1 Å². The number of aldehydes is 1. The number of benzene rings is 1. The van der Waals surface area contributed by atoms with Gasteiger partial charge in [-0.1, -0.05) is 16.8 Å². The van der Waals surface area contributed by atoms with Gasteiger partial charge in [-0.15, -0.1) is 11.3 Å². The monoisotopic (exact) mass is 374 g/mol. The number of hydrogen-bond donors (Lipinski definition) is 0. The first-order valence-corrected chi connectivity index (χ1v) is 8.79. The van der Waals surface area contributed by atoms with Crippen molar-refractivity contribution in [2.45, 2.75) is 13.0 Å². The molecule has 25 heavy (non-hydrogen) atoms. The van der Waals surface area contributed by atoms with Crippen LogP contribution < -0.4 is 0 Å². The van der Waals surface area contributed by atoms with Gasteiger partial charge >= 0.3 is 0 Å². The Morgan fingerprint density at radius 2 is 2.12 bits per heavy atom. The third-order valence-electron chi connectivity index (χ3n) is 3.98. The fraction of sp³-hybridized carbons (Fsp3) is 0.111. The topological polar surface area (TPSA) is 48.0 Å². The molecule has 0 aliphatic heterocycles. The highest BCUT2D eigenvalue weighted by Gasteiger charge is 2.12. The van der Waals surface area contributed by atoms with E-state index >= 15 is 0 Å². The molecule has 0 aliphatic rings. The first-order chi connectivity index (χ1) is 12.1. The Balaban J connectivity index is 1.58. The fourth-order valence-electron chi connectivity index (χ4n) is 2.83. The van der Waals surface area contributed by atoms with E-state index < -0.39 is 0 Å². The highest BCUT2D eigenvalue weighted by molar-refractivity contribution is 7.19. The molecule has 3 aromatic heterocycles. The molecule has 0 fully saturated rings. The van der Waals surface area contributed by atoms with Crippen molar-refractivity contribution in [3.05, 3.63) is 64.0 Å². The van der Waals surface area contributed by atoms with Crippen molar-refractivity contribution in [1.82, 2.24) is 9.72 Å². The molecule has 0 spiro atoms. The number of rotatable bonds is 5. The average Bonchev–Trinajstić information content (AvgIpc) is 3.30. The van der Waals surface area contributed by atoms with Crippen LogP contribution in [0.25, 0.3) is 21.5 Å². The molecular weight excluding hydrogens is 363 g/mol. The zero-order valence-corrected chi connectivity index (χ0v) is 14.5. The molecular formula is C18H12ClFN2O2S. The number of hydrogen-bond acceptors (Lipinski definition) is 4. The summed E-state index contributed by atoms with van der Waals surface area (Å²) in [5.41, 5.74) is 2.10. The predicted molar refractivity (Wildman–Crippen MR) is 95.8 cm³/mol. The van der Waals surface area contributed by atoms with Gasteiger partial charge in [-0.25, -0.2) is 4.39 Å². The van der Waals surface area contributed by atoms with Crippen LogP contribution in [-0.4, -0.2) is 16.0 Å². The summed E-state index contributed by atoms with van der Waals surface area (Å²) in [6.07, 6.45) is 1.37. The van der Waals surface area contributed by atoms with E-state index in [1.165, 1.54) is 23.5 Å². The van der Waals surface area contributed by atoms with Crippen molar-refractivity contribution in [2.24, 2.45) is 0 Å². The van der Waals surface area contributed by atoms with Crippen molar-refractivity contribution in [1.29, 1.82) is 0 Å². The maximum atomic E-state index is 13.4. The molecule has 7 heteroatoms. The molecule has 4 nitrogen and oxygen atoms in total. The minimum Gasteiger partial charge on any atom is -0.355 e. The van der Waals surface area contributed by atoms with Crippen molar-refractivity contribution in [3.63, 3.8) is 0 Å². The maximum absolute atomic E-state index is 13.4. The van der Waals surface area contributed by atoms with Crippen LogP contribution in [0.1, 0.15) is 16.2 Å². The highest BCUT2D eigenvalue weighted by Crippen LogP contribution is 2.31. The molecule has 0 unspecified atom stereocenters. The molecule has 0 radical (unpaired) electrons. The van der Waals surface area contributed by atoms with Crippen molar-refractivity contribution < 1.29 is 13.7 Å². The number of carbonyl (C=O) groups is 1. The Labute approximate surface area is 151 Å². The summed E-state index contributed by atoms with van der Waals surface area (Å²) in [6, 6.07) is 11.7. The third-order valence-corrected chi connectivity index (χ3v) is 5.23. The summed E-state index contributed by atoms with van der Waals surface area (Å²) in [6.45, 7) is 0.542. The number of carbonyl (C=O) groups excluding carboxylic acids is 1. The minimum absolute atomic E-state index is 0.321. The van der Waals surface area contributed by atoms with E-state index in [9.17, 15) is 9.18 Å². The molecule has 0 atom stereocenters. The smallest absolute Gasteiger partial charge is 0.177 e. The number of nitrogens with zero attached hydrogens (tertiary/aromatic N) is 2. The van der Waals surface area contributed by atoms with E-state index in [0.29, 0.717) is 34.1 Å². The van der Waals surface area contributed by atoms with Crippen LogP contribution in [0.3, 0.4) is 0 Å². The quantitative estimate of drug-likeness (QED) is 0.451. The summed E-state index contributed by atoms with van der Waals surface area (Å²) in [4.78, 5) is 12.2. The first-order valence-electron chi connectivity index (χ1n) is 7.59. The summed E-state index contributed by atoms with van der Waals surface area (Å²) in [5, 5.41) is 4.78. The van der Waals surface area contributed by atoms with Crippen molar-refractivity contribution >= 4 is 40.1 Å². The van der Waals surface area contributed by atoms with Gasteiger partial charge in [0.1, 0.15) is 5.82 Å². The van der Waals surface area contributed by atoms with E-state index in [-0.39, 0.29) is 5.82 Å². The first kappa shape index (κ1) is 16.1. The molecule has 0 saturated carbocycles. The van der Waals surface area contributed by atoms with Crippen LogP contribution in [0.15, 0.2) is 47.0 Å². The largest absolute Gasteiger partial charge is 0.355 e. The van der Waals surface area contributed by atoms with E-state index in [1.807, 2.05) is 22.8 Å². The van der Waals surface area contributed by atoms with Gasteiger partial charge in [0.05, 0.1) is 20.6 Å². The van der Waals surface area contributed by atoms with Crippen LogP contribution in [0, 0.1) is 5.82 Å². The lowest BCUT2D eigenvalue weighted by Gasteiger charge is -2.06. The maximum Gasteiger partial charge on any atom is 0.177 e. The zero-order valence-electron chi connectivity index (χ0n) is 12.9. The molecule has 3 heterocycles.